The van der Waals surface area contributed by atoms with Crippen molar-refractivity contribution in [3.63, 3.8) is 0 Å². The third kappa shape index (κ3) is 2.74. The number of hydrazone groups is 1. The number of nitrogens with one attached hydrogen (secondary N) is 1. The Balaban J connectivity index is 1.91. The zero-order valence-corrected chi connectivity index (χ0v) is 11.4. The first-order valence-corrected chi connectivity index (χ1v) is 6.60. The summed E-state index contributed by atoms with van der Waals surface area (Å²) in [7, 11) is 0. The average Bonchev–Trinajstić information content (AvgIpc) is 2.51. The van der Waals surface area contributed by atoms with Gasteiger partial charge >= 0.3 is 0 Å². The maximum absolute atomic E-state index is 13.5. The summed E-state index contributed by atoms with van der Waals surface area (Å²) in [4.78, 5) is 0. The highest BCUT2D eigenvalue weighted by molar-refractivity contribution is 6.02. The minimum Gasteiger partial charge on any atom is -0.507 e. The smallest absolute Gasteiger partial charge is 0.151 e. The number of phenols is 1. The molecule has 0 saturated heterocycles. The quantitative estimate of drug-likeness (QED) is 0.560. The number of phenolic OH excluding ortho intramolecular Hbond substituents is 1. The highest BCUT2D eigenvalue weighted by Gasteiger charge is 2.05. The number of anilines is 1. The monoisotopic (exact) mass is 298 g/mol. The number of halogens is 2. The van der Waals surface area contributed by atoms with Gasteiger partial charge in [-0.2, -0.15) is 5.10 Å². The predicted octanol–water partition coefficient (Wildman–Crippen LogP) is 4.27. The van der Waals surface area contributed by atoms with Crippen molar-refractivity contribution in [2.24, 2.45) is 5.10 Å². The second kappa shape index (κ2) is 5.81. The average molecular weight is 298 g/mol. The summed E-state index contributed by atoms with van der Waals surface area (Å²) in [6, 6.07) is 14.1. The Bertz CT molecular complexity index is 862. The van der Waals surface area contributed by atoms with Crippen LogP contribution in [0.4, 0.5) is 14.5 Å². The molecule has 3 aromatic rings. The standard InChI is InChI=1S/C17H12F2N2O/c18-12-6-7-16(15(19)9-12)21-20-10-14-13-4-2-1-3-11(13)5-8-17(14)22/h1-10,21-22H/b20-10+. The largest absolute Gasteiger partial charge is 0.507 e. The molecule has 2 N–H and O–H groups in total. The molecule has 0 aliphatic carbocycles. The molecule has 0 aromatic heterocycles. The summed E-state index contributed by atoms with van der Waals surface area (Å²) in [6.45, 7) is 0. The van der Waals surface area contributed by atoms with Crippen molar-refractivity contribution in [3.05, 3.63) is 71.8 Å². The van der Waals surface area contributed by atoms with Gasteiger partial charge in [0.05, 0.1) is 11.9 Å². The maximum Gasteiger partial charge on any atom is 0.151 e. The van der Waals surface area contributed by atoms with Crippen molar-refractivity contribution < 1.29 is 13.9 Å². The molecule has 3 rings (SSSR count). The highest BCUT2D eigenvalue weighted by Crippen LogP contribution is 2.25. The van der Waals surface area contributed by atoms with E-state index in [0.29, 0.717) is 5.56 Å². The number of hydrogen-bond donors (Lipinski definition) is 2. The first-order chi connectivity index (χ1) is 10.6. The Kier molecular flexibility index (Phi) is 3.70. The summed E-state index contributed by atoms with van der Waals surface area (Å²) >= 11 is 0. The van der Waals surface area contributed by atoms with Crippen LogP contribution in [0.15, 0.2) is 59.7 Å². The van der Waals surface area contributed by atoms with E-state index < -0.39 is 11.6 Å². The van der Waals surface area contributed by atoms with Crippen LogP contribution in [0.25, 0.3) is 10.8 Å². The molecule has 3 nitrogen and oxygen atoms in total. The van der Waals surface area contributed by atoms with Gasteiger partial charge in [0.2, 0.25) is 0 Å². The summed E-state index contributed by atoms with van der Waals surface area (Å²) in [6.07, 6.45) is 1.40. The molecule has 0 amide bonds. The first kappa shape index (κ1) is 14.0. The molecular formula is C17H12F2N2O. The van der Waals surface area contributed by atoms with Gasteiger partial charge in [0.15, 0.2) is 5.82 Å². The molecule has 0 unspecified atom stereocenters. The SMILES string of the molecule is Oc1ccc2ccccc2c1/C=N/Nc1ccc(F)cc1F. The predicted molar refractivity (Wildman–Crippen MR) is 83.2 cm³/mol. The molecular weight excluding hydrogens is 286 g/mol. The van der Waals surface area contributed by atoms with Crippen LogP contribution in [0.3, 0.4) is 0 Å². The van der Waals surface area contributed by atoms with Gasteiger partial charge in [0.25, 0.3) is 0 Å². The number of rotatable bonds is 3. The molecule has 0 saturated carbocycles. The van der Waals surface area contributed by atoms with E-state index >= 15 is 0 Å². The summed E-state index contributed by atoms with van der Waals surface area (Å²) in [5.41, 5.74) is 3.07. The van der Waals surface area contributed by atoms with Crippen LogP contribution in [0.2, 0.25) is 0 Å². The van der Waals surface area contributed by atoms with Crippen molar-refractivity contribution in [1.82, 2.24) is 0 Å². The van der Waals surface area contributed by atoms with Crippen LogP contribution in [-0.4, -0.2) is 11.3 Å². The van der Waals surface area contributed by atoms with E-state index in [2.05, 4.69) is 10.5 Å². The molecule has 0 atom stereocenters. The lowest BCUT2D eigenvalue weighted by Gasteiger charge is -2.05. The minimum atomic E-state index is -0.737. The first-order valence-electron chi connectivity index (χ1n) is 6.60. The van der Waals surface area contributed by atoms with Gasteiger partial charge < -0.3 is 5.11 Å². The van der Waals surface area contributed by atoms with Gasteiger partial charge in [-0.1, -0.05) is 30.3 Å². The van der Waals surface area contributed by atoms with Crippen LogP contribution in [-0.2, 0) is 0 Å². The molecule has 3 aromatic carbocycles. The lowest BCUT2D eigenvalue weighted by Crippen LogP contribution is -1.95. The summed E-state index contributed by atoms with van der Waals surface area (Å²) < 4.78 is 26.3. The van der Waals surface area contributed by atoms with Gasteiger partial charge in [0, 0.05) is 11.6 Å². The Labute approximate surface area is 125 Å². The molecule has 0 aliphatic heterocycles. The Hall–Kier alpha value is -2.95. The fourth-order valence-corrected chi connectivity index (χ4v) is 2.17. The normalized spacial score (nSPS) is 11.2. The van der Waals surface area contributed by atoms with Crippen molar-refractivity contribution in [2.45, 2.75) is 0 Å². The molecule has 0 heterocycles. The number of fused-ring (bicyclic) bond motifs is 1. The third-order valence-electron chi connectivity index (χ3n) is 3.26. The van der Waals surface area contributed by atoms with E-state index in [1.165, 1.54) is 12.3 Å². The number of aromatic hydroxyl groups is 1. The van der Waals surface area contributed by atoms with Gasteiger partial charge in [-0.05, 0) is 29.0 Å². The highest BCUT2D eigenvalue weighted by atomic mass is 19.1. The van der Waals surface area contributed by atoms with E-state index in [0.717, 1.165) is 22.9 Å². The zero-order valence-electron chi connectivity index (χ0n) is 11.4. The Morgan fingerprint density at radius 1 is 1.00 bits per heavy atom. The summed E-state index contributed by atoms with van der Waals surface area (Å²) in [5, 5.41) is 15.6. The van der Waals surface area contributed by atoms with E-state index in [4.69, 9.17) is 0 Å². The molecule has 0 aliphatic rings. The fraction of sp³-hybridized carbons (Fsp3) is 0. The van der Waals surface area contributed by atoms with Crippen LogP contribution in [0.5, 0.6) is 5.75 Å². The lowest BCUT2D eigenvalue weighted by atomic mass is 10.0. The maximum atomic E-state index is 13.5. The molecule has 22 heavy (non-hydrogen) atoms. The van der Waals surface area contributed by atoms with Crippen molar-refractivity contribution >= 4 is 22.7 Å². The van der Waals surface area contributed by atoms with Crippen molar-refractivity contribution in [3.8, 4) is 5.75 Å². The number of benzene rings is 3. The van der Waals surface area contributed by atoms with Gasteiger partial charge in [0.1, 0.15) is 11.6 Å². The summed E-state index contributed by atoms with van der Waals surface area (Å²) in [5.74, 6) is -1.32. The zero-order chi connectivity index (χ0) is 15.5. The molecule has 5 heteroatoms. The van der Waals surface area contributed by atoms with E-state index in [-0.39, 0.29) is 11.4 Å². The van der Waals surface area contributed by atoms with Crippen LogP contribution >= 0.6 is 0 Å². The van der Waals surface area contributed by atoms with Gasteiger partial charge in [-0.15, -0.1) is 0 Å². The van der Waals surface area contributed by atoms with Crippen LogP contribution in [0.1, 0.15) is 5.56 Å². The Morgan fingerprint density at radius 2 is 1.82 bits per heavy atom. The number of hydrogen-bond acceptors (Lipinski definition) is 3. The molecule has 110 valence electrons. The van der Waals surface area contributed by atoms with Crippen LogP contribution in [0, 0.1) is 11.6 Å². The lowest BCUT2D eigenvalue weighted by molar-refractivity contribution is 0.475. The van der Waals surface area contributed by atoms with Crippen molar-refractivity contribution in [2.75, 3.05) is 5.43 Å². The van der Waals surface area contributed by atoms with Gasteiger partial charge in [-0.3, -0.25) is 5.43 Å². The third-order valence-corrected chi connectivity index (χ3v) is 3.26. The second-order valence-corrected chi connectivity index (χ2v) is 4.71. The molecule has 0 fully saturated rings. The second-order valence-electron chi connectivity index (χ2n) is 4.71. The molecule has 0 bridgehead atoms. The van der Waals surface area contributed by atoms with Crippen molar-refractivity contribution in [1.29, 1.82) is 0 Å². The van der Waals surface area contributed by atoms with E-state index in [1.807, 2.05) is 24.3 Å². The molecule has 0 spiro atoms. The Morgan fingerprint density at radius 3 is 2.64 bits per heavy atom. The van der Waals surface area contributed by atoms with E-state index in [9.17, 15) is 13.9 Å². The topological polar surface area (TPSA) is 44.6 Å². The van der Waals surface area contributed by atoms with Gasteiger partial charge in [-0.25, -0.2) is 8.78 Å². The number of nitrogens with zero attached hydrogens (tertiary/aromatic N) is 1. The van der Waals surface area contributed by atoms with Crippen LogP contribution < -0.4 is 5.43 Å². The fourth-order valence-electron chi connectivity index (χ4n) is 2.17. The van der Waals surface area contributed by atoms with E-state index in [1.54, 1.807) is 12.1 Å². The molecule has 0 radical (unpaired) electrons. The minimum absolute atomic E-state index is 0.0531.